The zero-order chi connectivity index (χ0) is 11.5. The van der Waals surface area contributed by atoms with E-state index < -0.39 is 0 Å². The number of pyridine rings is 1. The SMILES string of the molecule is CCN1CN(c2ccc(C#N)cn2)CC1=O. The molecule has 0 aromatic carbocycles. The van der Waals surface area contributed by atoms with E-state index in [0.717, 1.165) is 5.82 Å². The lowest BCUT2D eigenvalue weighted by molar-refractivity contribution is -0.126. The minimum Gasteiger partial charge on any atom is -0.329 e. The largest absolute Gasteiger partial charge is 0.329 e. The number of likely N-dealkylation sites (N-methyl/N-ethyl adjacent to an activating group) is 1. The molecule has 0 unspecified atom stereocenters. The molecule has 0 N–H and O–H groups in total. The van der Waals surface area contributed by atoms with Crippen LogP contribution in [0.25, 0.3) is 0 Å². The molecule has 0 aliphatic carbocycles. The molecule has 1 aromatic rings. The molecule has 0 saturated carbocycles. The fourth-order valence-corrected chi connectivity index (χ4v) is 1.67. The molecular formula is C11H12N4O. The minimum atomic E-state index is 0.119. The molecule has 1 fully saturated rings. The first-order valence-electron chi connectivity index (χ1n) is 5.13. The lowest BCUT2D eigenvalue weighted by Crippen LogP contribution is -2.26. The van der Waals surface area contributed by atoms with Crippen molar-refractivity contribution >= 4 is 11.7 Å². The van der Waals surface area contributed by atoms with Crippen molar-refractivity contribution in [2.75, 3.05) is 24.7 Å². The van der Waals surface area contributed by atoms with Crippen LogP contribution in [0.3, 0.4) is 0 Å². The van der Waals surface area contributed by atoms with Gasteiger partial charge >= 0.3 is 0 Å². The van der Waals surface area contributed by atoms with Crippen molar-refractivity contribution in [3.8, 4) is 6.07 Å². The highest BCUT2D eigenvalue weighted by molar-refractivity contribution is 5.84. The first-order valence-corrected chi connectivity index (χ1v) is 5.13. The first kappa shape index (κ1) is 10.4. The highest BCUT2D eigenvalue weighted by Crippen LogP contribution is 2.16. The van der Waals surface area contributed by atoms with Crippen molar-refractivity contribution in [3.05, 3.63) is 23.9 Å². The van der Waals surface area contributed by atoms with Crippen molar-refractivity contribution in [1.29, 1.82) is 5.26 Å². The molecule has 2 rings (SSSR count). The number of aromatic nitrogens is 1. The number of carbonyl (C=O) groups excluding carboxylic acids is 1. The van der Waals surface area contributed by atoms with Crippen molar-refractivity contribution in [2.24, 2.45) is 0 Å². The van der Waals surface area contributed by atoms with Crippen LogP contribution in [0.2, 0.25) is 0 Å². The second kappa shape index (κ2) is 4.19. The van der Waals surface area contributed by atoms with Crippen LogP contribution < -0.4 is 4.90 Å². The van der Waals surface area contributed by atoms with Gasteiger partial charge < -0.3 is 9.80 Å². The van der Waals surface area contributed by atoms with Crippen LogP contribution in [0.5, 0.6) is 0 Å². The smallest absolute Gasteiger partial charge is 0.243 e. The van der Waals surface area contributed by atoms with Gasteiger partial charge in [-0.2, -0.15) is 5.26 Å². The van der Waals surface area contributed by atoms with Crippen LogP contribution in [0.15, 0.2) is 18.3 Å². The van der Waals surface area contributed by atoms with Crippen LogP contribution in [-0.2, 0) is 4.79 Å². The summed E-state index contributed by atoms with van der Waals surface area (Å²) in [6.45, 7) is 3.61. The summed E-state index contributed by atoms with van der Waals surface area (Å²) in [7, 11) is 0. The quantitative estimate of drug-likeness (QED) is 0.725. The molecule has 0 spiro atoms. The average Bonchev–Trinajstić information content (AvgIpc) is 2.71. The first-order chi connectivity index (χ1) is 7.74. The topological polar surface area (TPSA) is 60.2 Å². The lowest BCUT2D eigenvalue weighted by Gasteiger charge is -2.17. The molecule has 5 heteroatoms. The molecular weight excluding hydrogens is 204 g/mol. The molecule has 0 radical (unpaired) electrons. The Balaban J connectivity index is 2.14. The van der Waals surface area contributed by atoms with Gasteiger partial charge in [0.25, 0.3) is 0 Å². The van der Waals surface area contributed by atoms with Crippen LogP contribution in [0.1, 0.15) is 12.5 Å². The van der Waals surface area contributed by atoms with E-state index in [1.165, 1.54) is 6.20 Å². The summed E-state index contributed by atoms with van der Waals surface area (Å²) in [5.41, 5.74) is 0.529. The number of rotatable bonds is 2. The number of carbonyl (C=O) groups is 1. The third-order valence-electron chi connectivity index (χ3n) is 2.60. The third kappa shape index (κ3) is 1.82. The fourth-order valence-electron chi connectivity index (χ4n) is 1.67. The van der Waals surface area contributed by atoms with Crippen LogP contribution in [0.4, 0.5) is 5.82 Å². The standard InChI is InChI=1S/C11H12N4O/c1-2-14-8-15(7-11(14)16)10-4-3-9(5-12)6-13-10/h3-4,6H,2,7-8H2,1H3. The number of anilines is 1. The van der Waals surface area contributed by atoms with Crippen LogP contribution in [0, 0.1) is 11.3 Å². The highest BCUT2D eigenvalue weighted by Gasteiger charge is 2.26. The van der Waals surface area contributed by atoms with Gasteiger partial charge in [-0.05, 0) is 19.1 Å². The monoisotopic (exact) mass is 216 g/mol. The molecule has 16 heavy (non-hydrogen) atoms. The zero-order valence-corrected chi connectivity index (χ0v) is 9.05. The Bertz CT molecular complexity index is 434. The summed E-state index contributed by atoms with van der Waals surface area (Å²) < 4.78 is 0. The molecule has 0 bridgehead atoms. The van der Waals surface area contributed by atoms with E-state index in [0.29, 0.717) is 25.3 Å². The molecule has 1 aliphatic heterocycles. The number of nitrogens with zero attached hydrogens (tertiary/aromatic N) is 4. The summed E-state index contributed by atoms with van der Waals surface area (Å²) >= 11 is 0. The number of amides is 1. The van der Waals surface area contributed by atoms with Crippen LogP contribution >= 0.6 is 0 Å². The van der Waals surface area contributed by atoms with Gasteiger partial charge in [-0.15, -0.1) is 0 Å². The summed E-state index contributed by atoms with van der Waals surface area (Å²) in [6, 6.07) is 5.49. The predicted molar refractivity (Wildman–Crippen MR) is 58.6 cm³/mol. The Morgan fingerprint density at radius 1 is 1.56 bits per heavy atom. The Morgan fingerprint density at radius 2 is 2.38 bits per heavy atom. The van der Waals surface area contributed by atoms with E-state index in [4.69, 9.17) is 5.26 Å². The molecule has 1 aromatic heterocycles. The van der Waals surface area contributed by atoms with Crippen molar-refractivity contribution in [1.82, 2.24) is 9.88 Å². The van der Waals surface area contributed by atoms with Gasteiger partial charge in [-0.25, -0.2) is 4.98 Å². The molecule has 5 nitrogen and oxygen atoms in total. The minimum absolute atomic E-state index is 0.119. The van der Waals surface area contributed by atoms with E-state index in [2.05, 4.69) is 4.98 Å². The molecule has 82 valence electrons. The van der Waals surface area contributed by atoms with E-state index in [1.54, 1.807) is 17.0 Å². The average molecular weight is 216 g/mol. The van der Waals surface area contributed by atoms with E-state index in [1.807, 2.05) is 17.9 Å². The van der Waals surface area contributed by atoms with Crippen molar-refractivity contribution < 1.29 is 4.79 Å². The van der Waals surface area contributed by atoms with E-state index in [9.17, 15) is 4.79 Å². The maximum absolute atomic E-state index is 11.5. The summed E-state index contributed by atoms with van der Waals surface area (Å²) in [5, 5.41) is 8.65. The molecule has 1 amide bonds. The van der Waals surface area contributed by atoms with Gasteiger partial charge in [0.2, 0.25) is 5.91 Å². The maximum atomic E-state index is 11.5. The summed E-state index contributed by atoms with van der Waals surface area (Å²) in [4.78, 5) is 19.3. The van der Waals surface area contributed by atoms with Crippen molar-refractivity contribution in [2.45, 2.75) is 6.92 Å². The summed E-state index contributed by atoms with van der Waals surface area (Å²) in [5.74, 6) is 0.858. The Morgan fingerprint density at radius 3 is 2.88 bits per heavy atom. The number of hydrogen-bond donors (Lipinski definition) is 0. The third-order valence-corrected chi connectivity index (χ3v) is 2.60. The molecule has 1 aliphatic rings. The van der Waals surface area contributed by atoms with Crippen LogP contribution in [-0.4, -0.2) is 35.5 Å². The summed E-state index contributed by atoms with van der Waals surface area (Å²) in [6.07, 6.45) is 1.52. The zero-order valence-electron chi connectivity index (χ0n) is 9.05. The lowest BCUT2D eigenvalue weighted by atomic mass is 10.3. The van der Waals surface area contributed by atoms with Gasteiger partial charge in [0.15, 0.2) is 0 Å². The molecule has 2 heterocycles. The maximum Gasteiger partial charge on any atom is 0.243 e. The van der Waals surface area contributed by atoms with Gasteiger partial charge in [0.05, 0.1) is 12.2 Å². The number of hydrogen-bond acceptors (Lipinski definition) is 4. The Labute approximate surface area is 93.9 Å². The van der Waals surface area contributed by atoms with Gasteiger partial charge in [-0.3, -0.25) is 4.79 Å². The predicted octanol–water partition coefficient (Wildman–Crippen LogP) is 0.579. The molecule has 0 atom stereocenters. The van der Waals surface area contributed by atoms with Crippen molar-refractivity contribution in [3.63, 3.8) is 0 Å². The second-order valence-electron chi connectivity index (χ2n) is 3.61. The van der Waals surface area contributed by atoms with Gasteiger partial charge in [0.1, 0.15) is 18.4 Å². The Kier molecular flexibility index (Phi) is 2.73. The Hall–Kier alpha value is -2.09. The molecule has 1 saturated heterocycles. The normalized spacial score (nSPS) is 15.4. The van der Waals surface area contributed by atoms with E-state index in [-0.39, 0.29) is 5.91 Å². The van der Waals surface area contributed by atoms with Gasteiger partial charge in [0, 0.05) is 12.7 Å². The highest BCUT2D eigenvalue weighted by atomic mass is 16.2. The van der Waals surface area contributed by atoms with E-state index >= 15 is 0 Å². The number of nitriles is 1. The second-order valence-corrected chi connectivity index (χ2v) is 3.61. The van der Waals surface area contributed by atoms with Gasteiger partial charge in [-0.1, -0.05) is 0 Å². The fraction of sp³-hybridized carbons (Fsp3) is 0.364.